The molecule has 0 bridgehead atoms. The largest absolute Gasteiger partial charge is 0.0622 e. The molecule has 2 aromatic carbocycles. The molecule has 0 heteroatoms. The summed E-state index contributed by atoms with van der Waals surface area (Å²) in [6, 6.07) is 22.0. The fourth-order valence-electron chi connectivity index (χ4n) is 4.47. The van der Waals surface area contributed by atoms with Crippen molar-refractivity contribution in [3.8, 4) is 0 Å². The summed E-state index contributed by atoms with van der Waals surface area (Å²) >= 11 is 0. The molecule has 3 rings (SSSR count). The van der Waals surface area contributed by atoms with Crippen molar-refractivity contribution < 1.29 is 0 Å². The Balaban J connectivity index is 1.45. The quantitative estimate of drug-likeness (QED) is 0.474. The van der Waals surface area contributed by atoms with Gasteiger partial charge in [-0.05, 0) is 61.5 Å². The molecule has 1 aliphatic rings. The van der Waals surface area contributed by atoms with Crippen molar-refractivity contribution in [3.05, 3.63) is 71.8 Å². The van der Waals surface area contributed by atoms with E-state index in [-0.39, 0.29) is 0 Å². The van der Waals surface area contributed by atoms with Gasteiger partial charge in [-0.15, -0.1) is 0 Å². The van der Waals surface area contributed by atoms with E-state index in [2.05, 4.69) is 60.7 Å². The van der Waals surface area contributed by atoms with Gasteiger partial charge in [0.05, 0.1) is 0 Å². The summed E-state index contributed by atoms with van der Waals surface area (Å²) in [5.41, 5.74) is 3.01. The van der Waals surface area contributed by atoms with Crippen molar-refractivity contribution in [1.82, 2.24) is 0 Å². The van der Waals surface area contributed by atoms with Crippen molar-refractivity contribution in [2.45, 2.75) is 64.2 Å². The van der Waals surface area contributed by atoms with Crippen LogP contribution >= 0.6 is 0 Å². The summed E-state index contributed by atoms with van der Waals surface area (Å²) in [7, 11) is 0. The van der Waals surface area contributed by atoms with E-state index in [1.165, 1.54) is 75.3 Å². The number of rotatable bonds is 9. The van der Waals surface area contributed by atoms with Crippen molar-refractivity contribution in [2.24, 2.45) is 11.8 Å². The average molecular weight is 321 g/mol. The zero-order valence-electron chi connectivity index (χ0n) is 15.0. The van der Waals surface area contributed by atoms with Gasteiger partial charge in [-0.2, -0.15) is 0 Å². The molecule has 0 atom stereocenters. The Morgan fingerprint density at radius 1 is 0.667 bits per heavy atom. The van der Waals surface area contributed by atoms with E-state index in [4.69, 9.17) is 0 Å². The van der Waals surface area contributed by atoms with Crippen LogP contribution < -0.4 is 0 Å². The van der Waals surface area contributed by atoms with Crippen molar-refractivity contribution in [3.63, 3.8) is 0 Å². The van der Waals surface area contributed by atoms with Gasteiger partial charge in [0, 0.05) is 0 Å². The first-order valence-electron chi connectivity index (χ1n) is 9.99. The first-order valence-corrected chi connectivity index (χ1v) is 9.99. The highest BCUT2D eigenvalue weighted by molar-refractivity contribution is 5.15. The highest BCUT2D eigenvalue weighted by atomic mass is 14.3. The molecule has 1 saturated carbocycles. The lowest BCUT2D eigenvalue weighted by atomic mass is 9.82. The molecule has 0 amide bonds. The standard InChI is InChI=1S/C24H32/c1-3-11-21(12-4-1)15-9-19-24(23-17-7-8-18-23)20-10-16-22-13-5-2-6-14-22/h1-6,11-14,23-24H,7-10,15-20H2. The highest BCUT2D eigenvalue weighted by Gasteiger charge is 2.24. The van der Waals surface area contributed by atoms with Crippen LogP contribution in [0.15, 0.2) is 60.7 Å². The van der Waals surface area contributed by atoms with Gasteiger partial charge in [-0.3, -0.25) is 0 Å². The van der Waals surface area contributed by atoms with Gasteiger partial charge in [0.1, 0.15) is 0 Å². The zero-order valence-corrected chi connectivity index (χ0v) is 15.0. The molecule has 0 aromatic heterocycles. The van der Waals surface area contributed by atoms with Crippen LogP contribution in [0.5, 0.6) is 0 Å². The third-order valence-corrected chi connectivity index (χ3v) is 5.83. The molecule has 0 saturated heterocycles. The lowest BCUT2D eigenvalue weighted by Crippen LogP contribution is -2.13. The smallest absolute Gasteiger partial charge is 0.0279 e. The Hall–Kier alpha value is -1.56. The monoisotopic (exact) mass is 320 g/mol. The molecule has 2 aromatic rings. The van der Waals surface area contributed by atoms with Gasteiger partial charge in [0.2, 0.25) is 0 Å². The molecule has 1 fully saturated rings. The van der Waals surface area contributed by atoms with Crippen molar-refractivity contribution in [2.75, 3.05) is 0 Å². The third-order valence-electron chi connectivity index (χ3n) is 5.83. The van der Waals surface area contributed by atoms with Crippen molar-refractivity contribution in [1.29, 1.82) is 0 Å². The van der Waals surface area contributed by atoms with E-state index >= 15 is 0 Å². The van der Waals surface area contributed by atoms with Crippen LogP contribution in [-0.2, 0) is 12.8 Å². The van der Waals surface area contributed by atoms with E-state index < -0.39 is 0 Å². The first kappa shape index (κ1) is 17.3. The Morgan fingerprint density at radius 2 is 1.12 bits per heavy atom. The van der Waals surface area contributed by atoms with Gasteiger partial charge in [-0.1, -0.05) is 86.3 Å². The molecule has 0 radical (unpaired) electrons. The van der Waals surface area contributed by atoms with E-state index in [1.807, 2.05) is 0 Å². The number of hydrogen-bond acceptors (Lipinski definition) is 0. The molecule has 0 spiro atoms. The minimum Gasteiger partial charge on any atom is -0.0622 e. The molecule has 24 heavy (non-hydrogen) atoms. The van der Waals surface area contributed by atoms with Crippen LogP contribution in [0, 0.1) is 11.8 Å². The molecular formula is C24H32. The third kappa shape index (κ3) is 5.51. The number of hydrogen-bond donors (Lipinski definition) is 0. The fraction of sp³-hybridized carbons (Fsp3) is 0.500. The maximum Gasteiger partial charge on any atom is -0.0279 e. The van der Waals surface area contributed by atoms with E-state index in [1.54, 1.807) is 0 Å². The maximum absolute atomic E-state index is 2.28. The van der Waals surface area contributed by atoms with Crippen molar-refractivity contribution >= 4 is 0 Å². The van der Waals surface area contributed by atoms with E-state index in [9.17, 15) is 0 Å². The number of aryl methyl sites for hydroxylation is 2. The second kappa shape index (κ2) is 9.67. The summed E-state index contributed by atoms with van der Waals surface area (Å²) in [5.74, 6) is 1.97. The van der Waals surface area contributed by atoms with Crippen LogP contribution in [0.2, 0.25) is 0 Å². The van der Waals surface area contributed by atoms with Crippen LogP contribution in [0.1, 0.15) is 62.5 Å². The molecule has 0 N–H and O–H groups in total. The fourth-order valence-corrected chi connectivity index (χ4v) is 4.47. The van der Waals surface area contributed by atoms with Crippen LogP contribution in [0.4, 0.5) is 0 Å². The molecule has 0 heterocycles. The van der Waals surface area contributed by atoms with Gasteiger partial charge in [-0.25, -0.2) is 0 Å². The second-order valence-electron chi connectivity index (χ2n) is 7.56. The Bertz CT molecular complexity index is 506. The molecule has 0 nitrogen and oxygen atoms in total. The van der Waals surface area contributed by atoms with E-state index in [0.29, 0.717) is 0 Å². The predicted octanol–water partition coefficient (Wildman–Crippen LogP) is 6.84. The first-order chi connectivity index (χ1) is 11.9. The lowest BCUT2D eigenvalue weighted by molar-refractivity contribution is 0.287. The van der Waals surface area contributed by atoms with Gasteiger partial charge < -0.3 is 0 Å². The molecule has 0 unspecified atom stereocenters. The zero-order chi connectivity index (χ0) is 16.5. The lowest BCUT2D eigenvalue weighted by Gasteiger charge is -2.23. The summed E-state index contributed by atoms with van der Waals surface area (Å²) in [6.07, 6.45) is 14.0. The van der Waals surface area contributed by atoms with Gasteiger partial charge in [0.15, 0.2) is 0 Å². The summed E-state index contributed by atoms with van der Waals surface area (Å²) in [6.45, 7) is 0. The van der Waals surface area contributed by atoms with Crippen LogP contribution in [0.3, 0.4) is 0 Å². The molecule has 0 aliphatic heterocycles. The summed E-state index contributed by atoms with van der Waals surface area (Å²) in [5, 5.41) is 0. The second-order valence-corrected chi connectivity index (χ2v) is 7.56. The van der Waals surface area contributed by atoms with Gasteiger partial charge >= 0.3 is 0 Å². The maximum atomic E-state index is 2.28. The highest BCUT2D eigenvalue weighted by Crippen LogP contribution is 2.36. The average Bonchev–Trinajstić information content (AvgIpc) is 3.17. The Labute approximate surface area is 148 Å². The van der Waals surface area contributed by atoms with E-state index in [0.717, 1.165) is 11.8 Å². The molecule has 1 aliphatic carbocycles. The summed E-state index contributed by atoms with van der Waals surface area (Å²) < 4.78 is 0. The topological polar surface area (TPSA) is 0 Å². The Kier molecular flexibility index (Phi) is 6.96. The minimum atomic E-state index is 0.958. The minimum absolute atomic E-state index is 0.958. The summed E-state index contributed by atoms with van der Waals surface area (Å²) in [4.78, 5) is 0. The number of benzene rings is 2. The van der Waals surface area contributed by atoms with Gasteiger partial charge in [0.25, 0.3) is 0 Å². The Morgan fingerprint density at radius 3 is 1.58 bits per heavy atom. The molecular weight excluding hydrogens is 288 g/mol. The molecule has 128 valence electrons. The SMILES string of the molecule is c1ccc(CCCC(CCCc2ccccc2)C2CCCC2)cc1. The predicted molar refractivity (Wildman–Crippen MR) is 104 cm³/mol. The van der Waals surface area contributed by atoms with Crippen LogP contribution in [0.25, 0.3) is 0 Å². The van der Waals surface area contributed by atoms with Crippen LogP contribution in [-0.4, -0.2) is 0 Å². The normalized spacial score (nSPS) is 15.2.